The van der Waals surface area contributed by atoms with Crippen LogP contribution in [0.3, 0.4) is 0 Å². The van der Waals surface area contributed by atoms with Gasteiger partial charge in [-0.15, -0.1) is 0 Å². The highest BCUT2D eigenvalue weighted by molar-refractivity contribution is 6.33. The van der Waals surface area contributed by atoms with Crippen molar-refractivity contribution in [3.05, 3.63) is 35.1 Å². The highest BCUT2D eigenvalue weighted by Crippen LogP contribution is 2.31. The van der Waals surface area contributed by atoms with Gasteiger partial charge < -0.3 is 15.8 Å². The predicted octanol–water partition coefficient (Wildman–Crippen LogP) is 3.11. The smallest absolute Gasteiger partial charge is 0.242 e. The number of nitriles is 1. The average Bonchev–Trinajstić information content (AvgIpc) is 2.45. The summed E-state index contributed by atoms with van der Waals surface area (Å²) in [6, 6.07) is 6.92. The fourth-order valence-corrected chi connectivity index (χ4v) is 1.78. The molecule has 1 heterocycles. The Labute approximate surface area is 127 Å². The summed E-state index contributed by atoms with van der Waals surface area (Å²) in [5.74, 6) is 0.674. The van der Waals surface area contributed by atoms with Gasteiger partial charge in [-0.3, -0.25) is 0 Å². The first-order chi connectivity index (χ1) is 10.0. The van der Waals surface area contributed by atoms with Gasteiger partial charge in [0.15, 0.2) is 5.82 Å². The lowest BCUT2D eigenvalue weighted by atomic mass is 10.2. The molecule has 1 aromatic carbocycles. The van der Waals surface area contributed by atoms with Crippen LogP contribution in [-0.2, 0) is 0 Å². The third-order valence-electron chi connectivity index (χ3n) is 2.54. The highest BCUT2D eigenvalue weighted by atomic mass is 35.5. The number of nitrogens with zero attached hydrogens (tertiary/aromatic N) is 3. The van der Waals surface area contributed by atoms with Crippen molar-refractivity contribution in [2.24, 2.45) is 0 Å². The molecule has 0 aliphatic rings. The van der Waals surface area contributed by atoms with Gasteiger partial charge in [-0.05, 0) is 32.0 Å². The summed E-state index contributed by atoms with van der Waals surface area (Å²) in [6.07, 6.45) is 1.29. The molecule has 0 atom stereocenters. The summed E-state index contributed by atoms with van der Waals surface area (Å²) in [7, 11) is 0. The number of nitrogens with one attached hydrogen (secondary N) is 1. The van der Waals surface area contributed by atoms with E-state index in [1.807, 2.05) is 19.9 Å². The zero-order chi connectivity index (χ0) is 15.4. The van der Waals surface area contributed by atoms with Crippen molar-refractivity contribution in [3.8, 4) is 11.9 Å². The van der Waals surface area contributed by atoms with Crippen LogP contribution in [0.15, 0.2) is 24.5 Å². The minimum atomic E-state index is -0.0550. The van der Waals surface area contributed by atoms with Crippen LogP contribution in [-0.4, -0.2) is 16.1 Å². The van der Waals surface area contributed by atoms with E-state index in [-0.39, 0.29) is 11.8 Å². The number of aromatic nitrogens is 2. The number of hydrogen-bond donors (Lipinski definition) is 2. The molecule has 6 nitrogen and oxygen atoms in total. The van der Waals surface area contributed by atoms with Gasteiger partial charge in [0.25, 0.3) is 0 Å². The number of halogens is 1. The minimum absolute atomic E-state index is 0.0550. The molecular formula is C14H14ClN5O. The Morgan fingerprint density at radius 3 is 2.81 bits per heavy atom. The van der Waals surface area contributed by atoms with Crippen LogP contribution in [0, 0.1) is 11.3 Å². The molecular weight excluding hydrogens is 290 g/mol. The molecule has 0 radical (unpaired) electrons. The Hall–Kier alpha value is -2.52. The van der Waals surface area contributed by atoms with Gasteiger partial charge in [-0.25, -0.2) is 4.98 Å². The van der Waals surface area contributed by atoms with E-state index in [0.29, 0.717) is 28.0 Å². The van der Waals surface area contributed by atoms with Crippen molar-refractivity contribution >= 4 is 28.8 Å². The average molecular weight is 304 g/mol. The fraction of sp³-hybridized carbons (Fsp3) is 0.214. The monoisotopic (exact) mass is 303 g/mol. The van der Waals surface area contributed by atoms with Crippen molar-refractivity contribution in [2.45, 2.75) is 20.0 Å². The molecule has 7 heteroatoms. The largest absolute Gasteiger partial charge is 0.473 e. The molecule has 2 rings (SSSR count). The topological polar surface area (TPSA) is 96.9 Å². The molecule has 0 saturated carbocycles. The molecule has 0 aliphatic carbocycles. The van der Waals surface area contributed by atoms with Crippen LogP contribution in [0.5, 0.6) is 5.88 Å². The minimum Gasteiger partial charge on any atom is -0.473 e. The number of nitrogen functional groups attached to an aromatic ring is 1. The second-order valence-electron chi connectivity index (χ2n) is 4.54. The number of benzene rings is 1. The van der Waals surface area contributed by atoms with Crippen LogP contribution in [0.4, 0.5) is 17.2 Å². The number of rotatable bonds is 4. The molecule has 0 aliphatic heterocycles. The second kappa shape index (κ2) is 6.29. The van der Waals surface area contributed by atoms with Crippen LogP contribution >= 0.6 is 11.6 Å². The SMILES string of the molecule is CC(C)Oc1ncnc(Nc2cc(C#N)ccc2Cl)c1N. The first-order valence-corrected chi connectivity index (χ1v) is 6.63. The lowest BCUT2D eigenvalue weighted by Gasteiger charge is -2.14. The third kappa shape index (κ3) is 3.52. The van der Waals surface area contributed by atoms with Crippen molar-refractivity contribution < 1.29 is 4.74 Å². The van der Waals surface area contributed by atoms with Crippen molar-refractivity contribution in [1.29, 1.82) is 5.26 Å². The van der Waals surface area contributed by atoms with Gasteiger partial charge in [-0.2, -0.15) is 10.2 Å². The molecule has 0 spiro atoms. The maximum absolute atomic E-state index is 8.93. The van der Waals surface area contributed by atoms with E-state index in [1.54, 1.807) is 18.2 Å². The third-order valence-corrected chi connectivity index (χ3v) is 2.87. The quantitative estimate of drug-likeness (QED) is 0.900. The number of ether oxygens (including phenoxy) is 1. The molecule has 0 unspecified atom stereocenters. The molecule has 2 aromatic rings. The van der Waals surface area contributed by atoms with E-state index in [9.17, 15) is 0 Å². The van der Waals surface area contributed by atoms with E-state index in [1.165, 1.54) is 6.33 Å². The molecule has 3 N–H and O–H groups in total. The molecule has 0 saturated heterocycles. The fourth-order valence-electron chi connectivity index (χ4n) is 1.61. The van der Waals surface area contributed by atoms with Gasteiger partial charge in [0.1, 0.15) is 12.0 Å². The first-order valence-electron chi connectivity index (χ1n) is 6.25. The van der Waals surface area contributed by atoms with Crippen molar-refractivity contribution in [3.63, 3.8) is 0 Å². The second-order valence-corrected chi connectivity index (χ2v) is 4.95. The summed E-state index contributed by atoms with van der Waals surface area (Å²) in [6.45, 7) is 3.75. The molecule has 21 heavy (non-hydrogen) atoms. The van der Waals surface area contributed by atoms with Crippen LogP contribution in [0.25, 0.3) is 0 Å². The normalized spacial score (nSPS) is 10.2. The van der Waals surface area contributed by atoms with Gasteiger partial charge in [0, 0.05) is 0 Å². The Bertz CT molecular complexity index is 696. The van der Waals surface area contributed by atoms with Crippen LogP contribution in [0.1, 0.15) is 19.4 Å². The highest BCUT2D eigenvalue weighted by Gasteiger charge is 2.12. The van der Waals surface area contributed by atoms with Crippen LogP contribution < -0.4 is 15.8 Å². The molecule has 0 amide bonds. The van der Waals surface area contributed by atoms with E-state index < -0.39 is 0 Å². The maximum atomic E-state index is 8.93. The maximum Gasteiger partial charge on any atom is 0.242 e. The Morgan fingerprint density at radius 2 is 2.14 bits per heavy atom. The Balaban J connectivity index is 2.34. The van der Waals surface area contributed by atoms with Crippen molar-refractivity contribution in [1.82, 2.24) is 9.97 Å². The molecule has 0 bridgehead atoms. The van der Waals surface area contributed by atoms with Gasteiger partial charge >= 0.3 is 0 Å². The van der Waals surface area contributed by atoms with Gasteiger partial charge in [0.05, 0.1) is 28.4 Å². The summed E-state index contributed by atoms with van der Waals surface area (Å²) in [5.41, 5.74) is 7.28. The van der Waals surface area contributed by atoms with Gasteiger partial charge in [0.2, 0.25) is 5.88 Å². The lowest BCUT2D eigenvalue weighted by Crippen LogP contribution is -2.11. The summed E-state index contributed by atoms with van der Waals surface area (Å²) < 4.78 is 5.50. The number of nitrogens with two attached hydrogens (primary N) is 1. The zero-order valence-electron chi connectivity index (χ0n) is 11.6. The first kappa shape index (κ1) is 14.9. The van der Waals surface area contributed by atoms with Crippen LogP contribution in [0.2, 0.25) is 5.02 Å². The van der Waals surface area contributed by atoms with E-state index >= 15 is 0 Å². The zero-order valence-corrected chi connectivity index (χ0v) is 12.3. The molecule has 0 fully saturated rings. The van der Waals surface area contributed by atoms with E-state index in [2.05, 4.69) is 15.3 Å². The Morgan fingerprint density at radius 1 is 1.38 bits per heavy atom. The van der Waals surface area contributed by atoms with E-state index in [4.69, 9.17) is 27.3 Å². The van der Waals surface area contributed by atoms with Gasteiger partial charge in [-0.1, -0.05) is 11.6 Å². The molecule has 1 aromatic heterocycles. The number of anilines is 3. The van der Waals surface area contributed by atoms with Crippen molar-refractivity contribution in [2.75, 3.05) is 11.1 Å². The predicted molar refractivity (Wildman–Crippen MR) is 81.7 cm³/mol. The standard InChI is InChI=1S/C14H14ClN5O/c1-8(2)21-14-12(17)13(18-7-19-14)20-11-5-9(6-16)3-4-10(11)15/h3-5,7-8H,17H2,1-2H3,(H,18,19,20). The number of hydrogen-bond acceptors (Lipinski definition) is 6. The lowest BCUT2D eigenvalue weighted by molar-refractivity contribution is 0.234. The summed E-state index contributed by atoms with van der Waals surface area (Å²) in [4.78, 5) is 8.06. The summed E-state index contributed by atoms with van der Waals surface area (Å²) >= 11 is 6.09. The van der Waals surface area contributed by atoms with E-state index in [0.717, 1.165) is 0 Å². The summed E-state index contributed by atoms with van der Waals surface area (Å²) in [5, 5.41) is 12.4. The Kier molecular flexibility index (Phi) is 4.45. The molecule has 108 valence electrons.